The fraction of sp³-hybridized carbons (Fsp3) is 0.300. The van der Waals surface area contributed by atoms with E-state index in [1.165, 1.54) is 0 Å². The van der Waals surface area contributed by atoms with Gasteiger partial charge >= 0.3 is 5.97 Å². The van der Waals surface area contributed by atoms with Crippen LogP contribution in [-0.4, -0.2) is 31.7 Å². The highest BCUT2D eigenvalue weighted by Gasteiger charge is 2.23. The molecule has 0 aliphatic carbocycles. The predicted octanol–water partition coefficient (Wildman–Crippen LogP) is 2.88. The predicted molar refractivity (Wildman–Crippen MR) is 95.3 cm³/mol. The third kappa shape index (κ3) is 4.14. The summed E-state index contributed by atoms with van der Waals surface area (Å²) in [7, 11) is 0. The molecule has 0 spiro atoms. The van der Waals surface area contributed by atoms with E-state index in [-0.39, 0.29) is 18.6 Å². The third-order valence-corrected chi connectivity index (χ3v) is 4.03. The quantitative estimate of drug-likeness (QED) is 0.807. The molecule has 1 N–H and O–H groups in total. The van der Waals surface area contributed by atoms with Crippen molar-refractivity contribution in [2.75, 3.05) is 19.8 Å². The summed E-state index contributed by atoms with van der Waals surface area (Å²) in [6.45, 7) is 2.46. The zero-order valence-corrected chi connectivity index (χ0v) is 14.6. The minimum Gasteiger partial charge on any atom is -0.493 e. The molecule has 2 aromatic rings. The highest BCUT2D eigenvalue weighted by molar-refractivity contribution is 5.94. The second kappa shape index (κ2) is 8.38. The topological polar surface area (TPSA) is 73.9 Å². The number of ether oxygens (including phenoxy) is 3. The normalized spacial score (nSPS) is 15.3. The molecule has 26 heavy (non-hydrogen) atoms. The van der Waals surface area contributed by atoms with Crippen LogP contribution in [0.4, 0.5) is 0 Å². The number of nitrogens with one attached hydrogen (secondary N) is 1. The second-order valence-electron chi connectivity index (χ2n) is 5.80. The van der Waals surface area contributed by atoms with Gasteiger partial charge < -0.3 is 19.5 Å². The van der Waals surface area contributed by atoms with Crippen molar-refractivity contribution in [3.8, 4) is 11.5 Å². The van der Waals surface area contributed by atoms with Crippen LogP contribution in [0.5, 0.6) is 11.5 Å². The van der Waals surface area contributed by atoms with Gasteiger partial charge in [0.1, 0.15) is 17.1 Å². The molecule has 1 atom stereocenters. The van der Waals surface area contributed by atoms with E-state index in [1.54, 1.807) is 24.3 Å². The van der Waals surface area contributed by atoms with E-state index in [4.69, 9.17) is 14.2 Å². The molecule has 6 heteroatoms. The molecule has 6 nitrogen and oxygen atoms in total. The standard InChI is InChI=1S/C20H21NO5/c1-2-24-18-10-6-4-8-15(18)20(23)26-13-19(22)21-16-11-12-25-17-9-5-3-7-14(16)17/h3-10,16H,2,11-13H2,1H3,(H,21,22). The van der Waals surface area contributed by atoms with Crippen molar-refractivity contribution in [3.63, 3.8) is 0 Å². The molecule has 1 heterocycles. The summed E-state index contributed by atoms with van der Waals surface area (Å²) in [5.41, 5.74) is 1.23. The van der Waals surface area contributed by atoms with Crippen molar-refractivity contribution < 1.29 is 23.8 Å². The lowest BCUT2D eigenvalue weighted by atomic mass is 10.0. The first-order valence-electron chi connectivity index (χ1n) is 8.59. The van der Waals surface area contributed by atoms with Crippen LogP contribution >= 0.6 is 0 Å². The fourth-order valence-electron chi connectivity index (χ4n) is 2.85. The first kappa shape index (κ1) is 17.8. The number of para-hydroxylation sites is 2. The molecule has 1 amide bonds. The molecule has 3 rings (SSSR count). The third-order valence-electron chi connectivity index (χ3n) is 4.03. The maximum atomic E-state index is 12.2. The number of esters is 1. The first-order valence-corrected chi connectivity index (χ1v) is 8.59. The lowest BCUT2D eigenvalue weighted by Crippen LogP contribution is -2.35. The van der Waals surface area contributed by atoms with E-state index < -0.39 is 5.97 Å². The van der Waals surface area contributed by atoms with E-state index in [9.17, 15) is 9.59 Å². The summed E-state index contributed by atoms with van der Waals surface area (Å²) in [6, 6.07) is 14.2. The van der Waals surface area contributed by atoms with Crippen LogP contribution < -0.4 is 14.8 Å². The molecule has 1 aliphatic rings. The highest BCUT2D eigenvalue weighted by atomic mass is 16.5. The van der Waals surface area contributed by atoms with Gasteiger partial charge in [-0.15, -0.1) is 0 Å². The first-order chi connectivity index (χ1) is 12.7. The van der Waals surface area contributed by atoms with E-state index in [0.29, 0.717) is 30.9 Å². The number of benzene rings is 2. The molecule has 0 radical (unpaired) electrons. The van der Waals surface area contributed by atoms with Gasteiger partial charge in [-0.25, -0.2) is 4.79 Å². The molecular weight excluding hydrogens is 334 g/mol. The Morgan fingerprint density at radius 3 is 2.77 bits per heavy atom. The Balaban J connectivity index is 1.58. The van der Waals surface area contributed by atoms with Crippen molar-refractivity contribution in [1.29, 1.82) is 0 Å². The van der Waals surface area contributed by atoms with Crippen LogP contribution in [-0.2, 0) is 9.53 Å². The van der Waals surface area contributed by atoms with Crippen LogP contribution in [0, 0.1) is 0 Å². The molecule has 0 fully saturated rings. The average molecular weight is 355 g/mol. The van der Waals surface area contributed by atoms with Gasteiger partial charge in [0.15, 0.2) is 6.61 Å². The minimum absolute atomic E-state index is 0.151. The van der Waals surface area contributed by atoms with Gasteiger partial charge in [-0.2, -0.15) is 0 Å². The molecule has 1 aliphatic heterocycles. The molecule has 0 bridgehead atoms. The second-order valence-corrected chi connectivity index (χ2v) is 5.80. The van der Waals surface area contributed by atoms with Gasteiger partial charge in [-0.1, -0.05) is 30.3 Å². The number of carbonyl (C=O) groups excluding carboxylic acids is 2. The van der Waals surface area contributed by atoms with Gasteiger partial charge in [-0.3, -0.25) is 4.79 Å². The van der Waals surface area contributed by atoms with E-state index in [0.717, 1.165) is 11.3 Å². The van der Waals surface area contributed by atoms with Crippen LogP contribution in [0.1, 0.15) is 35.3 Å². The van der Waals surface area contributed by atoms with Gasteiger partial charge in [0.2, 0.25) is 0 Å². The molecule has 136 valence electrons. The highest BCUT2D eigenvalue weighted by Crippen LogP contribution is 2.31. The number of amides is 1. The summed E-state index contributed by atoms with van der Waals surface area (Å²) >= 11 is 0. The van der Waals surface area contributed by atoms with Crippen LogP contribution in [0.15, 0.2) is 48.5 Å². The van der Waals surface area contributed by atoms with Gasteiger partial charge in [-0.05, 0) is 25.1 Å². The Hall–Kier alpha value is -3.02. The average Bonchev–Trinajstić information content (AvgIpc) is 2.67. The Kier molecular flexibility index (Phi) is 5.73. The van der Waals surface area contributed by atoms with Crippen molar-refractivity contribution >= 4 is 11.9 Å². The summed E-state index contributed by atoms with van der Waals surface area (Å²) in [5.74, 6) is 0.274. The maximum absolute atomic E-state index is 12.2. The molecular formula is C20H21NO5. The summed E-state index contributed by atoms with van der Waals surface area (Å²) < 4.78 is 16.1. The van der Waals surface area contributed by atoms with Gasteiger partial charge in [0.25, 0.3) is 5.91 Å². The number of hydrogen-bond acceptors (Lipinski definition) is 5. The van der Waals surface area contributed by atoms with Crippen molar-refractivity contribution in [3.05, 3.63) is 59.7 Å². The van der Waals surface area contributed by atoms with Crippen molar-refractivity contribution in [2.45, 2.75) is 19.4 Å². The smallest absolute Gasteiger partial charge is 0.342 e. The number of carbonyl (C=O) groups is 2. The van der Waals surface area contributed by atoms with Gasteiger partial charge in [0.05, 0.1) is 19.3 Å². The zero-order chi connectivity index (χ0) is 18.4. The molecule has 0 saturated heterocycles. The van der Waals surface area contributed by atoms with E-state index in [2.05, 4.69) is 5.32 Å². The largest absolute Gasteiger partial charge is 0.493 e. The SMILES string of the molecule is CCOc1ccccc1C(=O)OCC(=O)NC1CCOc2ccccc21. The van der Waals surface area contributed by atoms with Crippen molar-refractivity contribution in [1.82, 2.24) is 5.32 Å². The van der Waals surface area contributed by atoms with Crippen LogP contribution in [0.3, 0.4) is 0 Å². The zero-order valence-electron chi connectivity index (χ0n) is 14.6. The Labute approximate surface area is 152 Å². The minimum atomic E-state index is -0.587. The summed E-state index contributed by atoms with van der Waals surface area (Å²) in [5, 5.41) is 2.89. The van der Waals surface area contributed by atoms with Crippen LogP contribution in [0.25, 0.3) is 0 Å². The summed E-state index contributed by atoms with van der Waals surface area (Å²) in [4.78, 5) is 24.4. The molecule has 0 aromatic heterocycles. The molecule has 0 saturated carbocycles. The lowest BCUT2D eigenvalue weighted by molar-refractivity contribution is -0.125. The van der Waals surface area contributed by atoms with E-state index in [1.807, 2.05) is 31.2 Å². The molecule has 2 aromatic carbocycles. The van der Waals surface area contributed by atoms with Crippen molar-refractivity contribution in [2.24, 2.45) is 0 Å². The number of fused-ring (bicyclic) bond motifs is 1. The van der Waals surface area contributed by atoms with Crippen LogP contribution in [0.2, 0.25) is 0 Å². The summed E-state index contributed by atoms with van der Waals surface area (Å²) in [6.07, 6.45) is 0.671. The molecule has 1 unspecified atom stereocenters. The van der Waals surface area contributed by atoms with Gasteiger partial charge in [0, 0.05) is 12.0 Å². The number of hydrogen-bond donors (Lipinski definition) is 1. The number of rotatable bonds is 6. The Morgan fingerprint density at radius 2 is 1.92 bits per heavy atom. The Bertz CT molecular complexity index is 789. The fourth-order valence-corrected chi connectivity index (χ4v) is 2.85. The lowest BCUT2D eigenvalue weighted by Gasteiger charge is -2.26. The monoisotopic (exact) mass is 355 g/mol. The Morgan fingerprint density at radius 1 is 1.15 bits per heavy atom. The van der Waals surface area contributed by atoms with E-state index >= 15 is 0 Å². The maximum Gasteiger partial charge on any atom is 0.342 e.